The van der Waals surface area contributed by atoms with E-state index in [1.165, 1.54) is 37.1 Å². The van der Waals surface area contributed by atoms with E-state index in [4.69, 9.17) is 27.9 Å². The Hall–Kier alpha value is -2.71. The van der Waals surface area contributed by atoms with Crippen LogP contribution >= 0.6 is 23.2 Å². The average molecular weight is 410 g/mol. The van der Waals surface area contributed by atoms with Crippen LogP contribution in [0.2, 0.25) is 10.0 Å². The van der Waals surface area contributed by atoms with Crippen LogP contribution in [0.25, 0.3) is 0 Å². The summed E-state index contributed by atoms with van der Waals surface area (Å²) in [5, 5.41) is 3.20. The molecule has 0 aliphatic carbocycles. The quantitative estimate of drug-likeness (QED) is 0.771. The first kappa shape index (κ1) is 19.1. The number of halogens is 2. The minimum atomic E-state index is -0.875. The second-order valence-corrected chi connectivity index (χ2v) is 6.60. The third-order valence-electron chi connectivity index (χ3n) is 4.10. The van der Waals surface area contributed by atoms with Gasteiger partial charge in [0.1, 0.15) is 12.0 Å². The standard InChI is InChI=1S/C17H14Cl2N4O4/c1-22-15-14(12(27-2)5-6-20-15)16(25)23(17(22)26)8-13(24)21-9-3-4-10(18)11(19)7-9/h3-7,14H,8H2,1-2H3/p+1. The molecule has 2 aliphatic rings. The maximum atomic E-state index is 12.8. The topological polar surface area (TPSA) is 91.1 Å². The molecule has 1 aromatic rings. The summed E-state index contributed by atoms with van der Waals surface area (Å²) in [4.78, 5) is 42.6. The molecule has 1 atom stereocenters. The van der Waals surface area contributed by atoms with Gasteiger partial charge in [-0.25, -0.2) is 4.79 Å². The Kier molecular flexibility index (Phi) is 5.29. The van der Waals surface area contributed by atoms with Gasteiger partial charge >= 0.3 is 11.9 Å². The van der Waals surface area contributed by atoms with Crippen molar-refractivity contribution < 1.29 is 23.7 Å². The summed E-state index contributed by atoms with van der Waals surface area (Å²) in [6.45, 7) is -0.466. The number of hydrogen-bond donors (Lipinski definition) is 1. The lowest BCUT2D eigenvalue weighted by atomic mass is 9.99. The number of benzene rings is 1. The summed E-state index contributed by atoms with van der Waals surface area (Å²) in [6.07, 6.45) is 3.00. The van der Waals surface area contributed by atoms with E-state index in [0.29, 0.717) is 16.5 Å². The first-order valence-electron chi connectivity index (χ1n) is 7.82. The first-order valence-corrected chi connectivity index (χ1v) is 8.58. The fourth-order valence-electron chi connectivity index (χ4n) is 2.78. The van der Waals surface area contributed by atoms with Gasteiger partial charge in [0.2, 0.25) is 0 Å². The number of hydrogen-bond acceptors (Lipinski definition) is 5. The number of nitrogens with zero attached hydrogens (tertiary/aromatic N) is 3. The van der Waals surface area contributed by atoms with E-state index in [1.54, 1.807) is 12.1 Å². The van der Waals surface area contributed by atoms with Crippen molar-refractivity contribution in [3.8, 4) is 0 Å². The van der Waals surface area contributed by atoms with Crippen LogP contribution < -0.4 is 5.32 Å². The highest BCUT2D eigenvalue weighted by Crippen LogP contribution is 2.26. The fraction of sp³-hybridized carbons (Fsp3) is 0.235. The lowest BCUT2D eigenvalue weighted by molar-refractivity contribution is -0.408. The van der Waals surface area contributed by atoms with Crippen LogP contribution in [-0.4, -0.2) is 60.1 Å². The van der Waals surface area contributed by atoms with E-state index < -0.39 is 30.3 Å². The Morgan fingerprint density at radius 2 is 2.07 bits per heavy atom. The summed E-state index contributed by atoms with van der Waals surface area (Å²) >= 11 is 11.8. The number of fused-ring (bicyclic) bond motifs is 1. The largest absolute Gasteiger partial charge is 0.499 e. The monoisotopic (exact) mass is 409 g/mol. The molecule has 0 fully saturated rings. The summed E-state index contributed by atoms with van der Waals surface area (Å²) in [7, 11) is 2.91. The van der Waals surface area contributed by atoms with Crippen molar-refractivity contribution in [2.24, 2.45) is 10.9 Å². The maximum Gasteiger partial charge on any atom is 0.446 e. The third kappa shape index (κ3) is 3.58. The van der Waals surface area contributed by atoms with Gasteiger partial charge in [0, 0.05) is 11.8 Å². The number of aliphatic imine (C=N–C) groups is 1. The number of dihydropyridines is 1. The lowest BCUT2D eigenvalue weighted by Crippen LogP contribution is -2.56. The zero-order valence-corrected chi connectivity index (χ0v) is 15.9. The highest BCUT2D eigenvalue weighted by atomic mass is 35.5. The lowest BCUT2D eigenvalue weighted by Gasteiger charge is -2.27. The molecule has 2 aliphatic heterocycles. The number of imide groups is 1. The molecule has 8 nitrogen and oxygen atoms in total. The van der Waals surface area contributed by atoms with Gasteiger partial charge in [0.05, 0.1) is 24.2 Å². The minimum Gasteiger partial charge on any atom is -0.499 e. The maximum absolute atomic E-state index is 12.8. The van der Waals surface area contributed by atoms with Gasteiger partial charge in [-0.2, -0.15) is 9.48 Å². The van der Waals surface area contributed by atoms with Crippen LogP contribution in [0, 0.1) is 5.92 Å². The zero-order valence-electron chi connectivity index (χ0n) is 14.4. The van der Waals surface area contributed by atoms with Gasteiger partial charge < -0.3 is 10.1 Å². The molecule has 0 saturated carbocycles. The summed E-state index contributed by atoms with van der Waals surface area (Å²) in [5.74, 6) is -1.42. The number of anilines is 1. The molecule has 27 heavy (non-hydrogen) atoms. The van der Waals surface area contributed by atoms with Crippen LogP contribution in [0.3, 0.4) is 0 Å². The predicted molar refractivity (Wildman–Crippen MR) is 100 cm³/mol. The van der Waals surface area contributed by atoms with Crippen molar-refractivity contribution in [1.29, 1.82) is 0 Å². The molecule has 140 valence electrons. The van der Waals surface area contributed by atoms with E-state index in [2.05, 4.69) is 10.3 Å². The first-order chi connectivity index (χ1) is 12.8. The van der Waals surface area contributed by atoms with Crippen molar-refractivity contribution in [2.75, 3.05) is 26.0 Å². The highest BCUT2D eigenvalue weighted by molar-refractivity contribution is 6.42. The number of urea groups is 1. The molecule has 2 heterocycles. The number of carbonyl (C=O) groups is 3. The van der Waals surface area contributed by atoms with Crippen LogP contribution in [0.4, 0.5) is 10.5 Å². The van der Waals surface area contributed by atoms with E-state index in [0.717, 1.165) is 4.90 Å². The third-order valence-corrected chi connectivity index (χ3v) is 4.84. The van der Waals surface area contributed by atoms with Crippen LogP contribution in [0.5, 0.6) is 0 Å². The minimum absolute atomic E-state index is 0.255. The summed E-state index contributed by atoms with van der Waals surface area (Å²) in [5.41, 5.74) is 0.395. The smallest absolute Gasteiger partial charge is 0.446 e. The van der Waals surface area contributed by atoms with Crippen LogP contribution in [0.15, 0.2) is 35.0 Å². The van der Waals surface area contributed by atoms with Crippen molar-refractivity contribution in [1.82, 2.24) is 4.90 Å². The van der Waals surface area contributed by atoms with Gasteiger partial charge in [-0.1, -0.05) is 23.2 Å². The molecule has 1 N–H and O–H groups in total. The van der Waals surface area contributed by atoms with Crippen molar-refractivity contribution >= 4 is 58.8 Å². The number of rotatable bonds is 4. The molecule has 10 heteroatoms. The second-order valence-electron chi connectivity index (χ2n) is 5.79. The molecule has 1 aromatic carbocycles. The van der Waals surface area contributed by atoms with E-state index in [-0.39, 0.29) is 10.9 Å². The van der Waals surface area contributed by atoms with Gasteiger partial charge in [0.25, 0.3) is 11.7 Å². The number of amides is 4. The van der Waals surface area contributed by atoms with Crippen LogP contribution in [0.1, 0.15) is 0 Å². The molecule has 4 amide bonds. The normalized spacial score (nSPS) is 19.0. The Labute approximate surface area is 164 Å². The van der Waals surface area contributed by atoms with Crippen molar-refractivity contribution in [3.63, 3.8) is 0 Å². The number of amidine groups is 1. The number of carbonyl (C=O) groups excluding carboxylic acids is 3. The Bertz CT molecular complexity index is 939. The van der Waals surface area contributed by atoms with E-state index >= 15 is 0 Å². The molecule has 3 rings (SSSR count). The van der Waals surface area contributed by atoms with Crippen molar-refractivity contribution in [3.05, 3.63) is 40.1 Å². The van der Waals surface area contributed by atoms with Gasteiger partial charge in [-0.15, -0.1) is 4.99 Å². The Morgan fingerprint density at radius 1 is 1.33 bits per heavy atom. The number of nitrogens with one attached hydrogen (secondary N) is 1. The van der Waals surface area contributed by atoms with Gasteiger partial charge in [0.15, 0.2) is 12.5 Å². The number of allylic oxidation sites excluding steroid dienone is 1. The number of ether oxygens (including phenoxy) is 1. The molecular formula is C17H15Cl2N4O4+. The zero-order chi connectivity index (χ0) is 19.7. The molecule has 1 unspecified atom stereocenters. The van der Waals surface area contributed by atoms with Crippen molar-refractivity contribution in [2.45, 2.75) is 0 Å². The summed E-state index contributed by atoms with van der Waals surface area (Å²) < 4.78 is 6.45. The van der Waals surface area contributed by atoms with Crippen LogP contribution in [-0.2, 0) is 14.3 Å². The fourth-order valence-corrected chi connectivity index (χ4v) is 3.07. The Balaban J connectivity index is 1.81. The van der Waals surface area contributed by atoms with Gasteiger partial charge in [-0.05, 0) is 18.2 Å². The second kappa shape index (κ2) is 7.50. The predicted octanol–water partition coefficient (Wildman–Crippen LogP) is 2.17. The molecule has 0 aromatic heterocycles. The molecule has 0 radical (unpaired) electrons. The Morgan fingerprint density at radius 3 is 2.74 bits per heavy atom. The van der Waals surface area contributed by atoms with E-state index in [9.17, 15) is 14.4 Å². The molecule has 0 saturated heterocycles. The van der Waals surface area contributed by atoms with E-state index in [1.807, 2.05) is 0 Å². The SMILES string of the molecule is COC1=CC=NC2=[N+](C)C(=O)N(CC(=O)Nc3ccc(Cl)c(Cl)c3)C(=O)C12. The summed E-state index contributed by atoms with van der Waals surface area (Å²) in [6, 6.07) is 3.92. The highest BCUT2D eigenvalue weighted by Gasteiger charge is 2.49. The number of methoxy groups -OCH3 is 1. The average Bonchev–Trinajstić information content (AvgIpc) is 2.65. The molecular weight excluding hydrogens is 395 g/mol. The molecule has 0 spiro atoms. The van der Waals surface area contributed by atoms with Gasteiger partial charge in [-0.3, -0.25) is 9.59 Å². The molecule has 0 bridgehead atoms.